The average Bonchev–Trinajstić information content (AvgIpc) is 3.26. The van der Waals surface area contributed by atoms with Crippen LogP contribution in [0.2, 0.25) is 0 Å². The lowest BCUT2D eigenvalue weighted by molar-refractivity contribution is 0.355. The van der Waals surface area contributed by atoms with Crippen LogP contribution in [0.5, 0.6) is 5.75 Å². The van der Waals surface area contributed by atoms with Crippen LogP contribution in [-0.4, -0.2) is 21.9 Å². The first-order valence-electron chi connectivity index (χ1n) is 9.41. The summed E-state index contributed by atoms with van der Waals surface area (Å²) < 4.78 is 30.5. The van der Waals surface area contributed by atoms with E-state index < -0.39 is 10.0 Å². The summed E-state index contributed by atoms with van der Waals surface area (Å²) in [5.41, 5.74) is 3.31. The lowest BCUT2D eigenvalue weighted by Gasteiger charge is -2.11. The highest BCUT2D eigenvalue weighted by Gasteiger charge is 2.26. The van der Waals surface area contributed by atoms with Crippen molar-refractivity contribution < 1.29 is 13.5 Å². The topological polar surface area (TPSA) is 76.8 Å². The number of aryl methyl sites for hydroxylation is 2. The fourth-order valence-electron chi connectivity index (χ4n) is 3.83. The van der Waals surface area contributed by atoms with Gasteiger partial charge in [-0.15, -0.1) is 0 Å². The minimum absolute atomic E-state index is 0.128. The number of fused-ring (bicyclic) bond motifs is 2. The molecule has 5 rings (SSSR count). The van der Waals surface area contributed by atoms with Gasteiger partial charge in [0, 0.05) is 41.3 Å². The van der Waals surface area contributed by atoms with Crippen LogP contribution in [0.3, 0.4) is 0 Å². The van der Waals surface area contributed by atoms with Crippen LogP contribution in [0.15, 0.2) is 78.0 Å². The summed E-state index contributed by atoms with van der Waals surface area (Å²) in [5, 5.41) is 13.4. The van der Waals surface area contributed by atoms with Crippen molar-refractivity contribution in [2.24, 2.45) is 7.05 Å². The fourth-order valence-corrected chi connectivity index (χ4v) is 5.31. The second kappa shape index (κ2) is 6.47. The second-order valence-electron chi connectivity index (χ2n) is 7.36. The number of nitrogens with zero attached hydrogens (tertiary/aromatic N) is 3. The molecule has 7 heteroatoms. The maximum Gasteiger partial charge on any atom is 0.269 e. The van der Waals surface area contributed by atoms with Crippen LogP contribution in [0.1, 0.15) is 5.56 Å². The van der Waals surface area contributed by atoms with E-state index in [1.165, 1.54) is 10.0 Å². The van der Waals surface area contributed by atoms with Gasteiger partial charge in [-0.25, -0.2) is 17.4 Å². The van der Waals surface area contributed by atoms with Gasteiger partial charge in [-0.3, -0.25) is 5.11 Å². The van der Waals surface area contributed by atoms with Crippen molar-refractivity contribution in [3.05, 3.63) is 78.6 Å². The highest BCUT2D eigenvalue weighted by Crippen LogP contribution is 2.37. The van der Waals surface area contributed by atoms with Crippen molar-refractivity contribution in [2.75, 3.05) is 0 Å². The number of pyridine rings is 1. The third-order valence-electron chi connectivity index (χ3n) is 5.32. The van der Waals surface area contributed by atoms with Gasteiger partial charge in [-0.2, -0.15) is 0 Å². The van der Waals surface area contributed by atoms with Crippen molar-refractivity contribution >= 4 is 32.0 Å². The van der Waals surface area contributed by atoms with Gasteiger partial charge in [0.05, 0.1) is 10.6 Å². The maximum absolute atomic E-state index is 13.7. The fraction of sp³-hybridized carbons (Fsp3) is 0.0870. The van der Waals surface area contributed by atoms with Gasteiger partial charge in [0.2, 0.25) is 0 Å². The van der Waals surface area contributed by atoms with Crippen molar-refractivity contribution in [3.63, 3.8) is 0 Å². The Balaban J connectivity index is 1.88. The zero-order valence-electron chi connectivity index (χ0n) is 16.4. The van der Waals surface area contributed by atoms with Gasteiger partial charge in [-0.05, 0) is 55.5 Å². The van der Waals surface area contributed by atoms with E-state index in [4.69, 9.17) is 0 Å². The molecule has 0 N–H and O–H groups in total. The van der Waals surface area contributed by atoms with Crippen LogP contribution < -0.4 is 0 Å². The van der Waals surface area contributed by atoms with Gasteiger partial charge >= 0.3 is 0 Å². The molecule has 0 unspecified atom stereocenters. The Morgan fingerprint density at radius 1 is 0.967 bits per heavy atom. The summed E-state index contributed by atoms with van der Waals surface area (Å²) in [6, 6.07) is 16.9. The van der Waals surface area contributed by atoms with E-state index in [-0.39, 0.29) is 10.6 Å². The minimum atomic E-state index is -3.92. The smallest absolute Gasteiger partial charge is 0.269 e. The molecule has 3 aromatic heterocycles. The molecule has 149 valence electrons. The summed E-state index contributed by atoms with van der Waals surface area (Å²) in [5.74, 6) is -0.128. The van der Waals surface area contributed by atoms with Crippen LogP contribution >= 0.6 is 0 Å². The van der Waals surface area contributed by atoms with Crippen LogP contribution in [0, 0.1) is 6.92 Å². The Kier molecular flexibility index (Phi) is 3.98. The molecule has 0 spiro atoms. The van der Waals surface area contributed by atoms with Gasteiger partial charge in [0.15, 0.2) is 11.4 Å². The molecule has 0 aliphatic rings. The largest absolute Gasteiger partial charge is 0.350 e. The SMILES string of the molecule is Cc1ccc(S(=O)(=O)n2c(-c3cn(C)c4ccc([O])cc34)cc3cccnc32)cc1. The summed E-state index contributed by atoms with van der Waals surface area (Å²) >= 11 is 0. The van der Waals surface area contributed by atoms with E-state index in [0.717, 1.165) is 11.1 Å². The normalized spacial score (nSPS) is 12.1. The minimum Gasteiger partial charge on any atom is -0.350 e. The number of hydrogen-bond acceptors (Lipinski definition) is 3. The molecule has 0 atom stereocenters. The van der Waals surface area contributed by atoms with Crippen molar-refractivity contribution in [1.29, 1.82) is 0 Å². The first kappa shape index (κ1) is 18.4. The van der Waals surface area contributed by atoms with Crippen LogP contribution in [0.4, 0.5) is 0 Å². The first-order chi connectivity index (χ1) is 14.4. The zero-order valence-corrected chi connectivity index (χ0v) is 17.2. The zero-order chi connectivity index (χ0) is 21.0. The predicted octanol–water partition coefficient (Wildman–Crippen LogP) is 4.88. The Morgan fingerprint density at radius 2 is 1.73 bits per heavy atom. The second-order valence-corrected chi connectivity index (χ2v) is 9.15. The molecule has 1 radical (unpaired) electrons. The molecule has 3 heterocycles. The van der Waals surface area contributed by atoms with Gasteiger partial charge < -0.3 is 4.57 Å². The number of benzene rings is 2. The summed E-state index contributed by atoms with van der Waals surface area (Å²) in [7, 11) is -2.05. The van der Waals surface area contributed by atoms with E-state index in [1.807, 2.05) is 30.8 Å². The molecule has 0 aliphatic heterocycles. The van der Waals surface area contributed by atoms with Gasteiger partial charge in [-0.1, -0.05) is 17.7 Å². The first-order valence-corrected chi connectivity index (χ1v) is 10.9. The Bertz CT molecular complexity index is 1530. The highest BCUT2D eigenvalue weighted by atomic mass is 32.2. The predicted molar refractivity (Wildman–Crippen MR) is 116 cm³/mol. The molecule has 0 fully saturated rings. The van der Waals surface area contributed by atoms with E-state index in [2.05, 4.69) is 4.98 Å². The molecule has 0 saturated heterocycles. The van der Waals surface area contributed by atoms with Gasteiger partial charge in [0.1, 0.15) is 0 Å². The molecule has 0 aliphatic carbocycles. The monoisotopic (exact) mass is 416 g/mol. The number of rotatable bonds is 3. The summed E-state index contributed by atoms with van der Waals surface area (Å²) in [6.07, 6.45) is 3.42. The lowest BCUT2D eigenvalue weighted by Crippen LogP contribution is -2.14. The number of hydrogen-bond donors (Lipinski definition) is 0. The van der Waals surface area contributed by atoms with Crippen LogP contribution in [-0.2, 0) is 22.2 Å². The van der Waals surface area contributed by atoms with E-state index in [1.54, 1.807) is 54.7 Å². The molecular weight excluding hydrogens is 398 g/mol. The van der Waals surface area contributed by atoms with Gasteiger partial charge in [0.25, 0.3) is 10.0 Å². The van der Waals surface area contributed by atoms with Crippen molar-refractivity contribution in [3.8, 4) is 17.0 Å². The molecule has 0 amide bonds. The Hall–Kier alpha value is -3.58. The number of aromatic nitrogens is 3. The Morgan fingerprint density at radius 3 is 2.50 bits per heavy atom. The average molecular weight is 416 g/mol. The summed E-state index contributed by atoms with van der Waals surface area (Å²) in [4.78, 5) is 4.54. The molecule has 5 aromatic rings. The van der Waals surface area contributed by atoms with E-state index in [0.29, 0.717) is 27.7 Å². The van der Waals surface area contributed by atoms with E-state index in [9.17, 15) is 13.5 Å². The summed E-state index contributed by atoms with van der Waals surface area (Å²) in [6.45, 7) is 1.91. The third-order valence-corrected chi connectivity index (χ3v) is 7.03. The highest BCUT2D eigenvalue weighted by molar-refractivity contribution is 7.90. The lowest BCUT2D eigenvalue weighted by atomic mass is 10.1. The molecule has 0 saturated carbocycles. The standard InChI is InChI=1S/C23H18N3O3S/c1-15-5-8-18(9-6-15)30(28,29)26-22(12-16-4-3-11-24-23(16)26)20-14-25(2)21-10-7-17(27)13-19(20)21/h3-14H,1-2H3. The van der Waals surface area contributed by atoms with Crippen molar-refractivity contribution in [1.82, 2.24) is 13.5 Å². The van der Waals surface area contributed by atoms with Crippen molar-refractivity contribution in [2.45, 2.75) is 11.8 Å². The maximum atomic E-state index is 13.7. The van der Waals surface area contributed by atoms with E-state index >= 15 is 0 Å². The quantitative estimate of drug-likeness (QED) is 0.420. The molecular formula is C23H18N3O3S. The molecule has 0 bridgehead atoms. The van der Waals surface area contributed by atoms with Crippen LogP contribution in [0.25, 0.3) is 33.2 Å². The third kappa shape index (κ3) is 2.70. The molecule has 30 heavy (non-hydrogen) atoms. The molecule has 2 aromatic carbocycles. The Labute approximate surface area is 173 Å². The molecule has 6 nitrogen and oxygen atoms in total.